The van der Waals surface area contributed by atoms with E-state index in [-0.39, 0.29) is 0 Å². The molecule has 10 heavy (non-hydrogen) atoms. The summed E-state index contributed by atoms with van der Waals surface area (Å²) in [6.45, 7) is 9.52. The minimum Gasteiger partial charge on any atom is -0.107 e. The topological polar surface area (TPSA) is 0 Å². The fourth-order valence-corrected chi connectivity index (χ4v) is 4.57. The molecule has 0 amide bonds. The summed E-state index contributed by atoms with van der Waals surface area (Å²) in [4.78, 5) is 0. The summed E-state index contributed by atoms with van der Waals surface area (Å²) >= 11 is 0. The Balaban J connectivity index is 3.28. The van der Waals surface area contributed by atoms with Gasteiger partial charge in [-0.1, -0.05) is 31.9 Å². The summed E-state index contributed by atoms with van der Waals surface area (Å²) in [5, 5.41) is 0. The van der Waals surface area contributed by atoms with Gasteiger partial charge < -0.3 is 0 Å². The number of hydrogen-bond acceptors (Lipinski definition) is 0. The highest BCUT2D eigenvalue weighted by Gasteiger charge is 2.10. The van der Waals surface area contributed by atoms with Gasteiger partial charge in [-0.05, 0) is 0 Å². The van der Waals surface area contributed by atoms with Gasteiger partial charge in [0.15, 0.2) is 0 Å². The Morgan fingerprint density at radius 3 is 2.20 bits per heavy atom. The van der Waals surface area contributed by atoms with Gasteiger partial charge in [0.1, 0.15) is 0 Å². The maximum atomic E-state index is 2.43. The molecule has 0 aliphatic heterocycles. The molecule has 0 bridgehead atoms. The molecule has 0 aliphatic rings. The van der Waals surface area contributed by atoms with Gasteiger partial charge in [-0.15, -0.1) is 11.4 Å². The number of rotatable bonds is 4. The van der Waals surface area contributed by atoms with Gasteiger partial charge in [-0.25, -0.2) is 0 Å². The molecule has 0 N–H and O–H groups in total. The zero-order valence-electron chi connectivity index (χ0n) is 7.36. The van der Waals surface area contributed by atoms with Gasteiger partial charge in [-0.2, -0.15) is 0 Å². The van der Waals surface area contributed by atoms with Crippen LogP contribution in [0.2, 0.25) is 31.9 Å². The maximum absolute atomic E-state index is 2.43. The lowest BCUT2D eigenvalue weighted by molar-refractivity contribution is 1.63. The Morgan fingerprint density at radius 2 is 1.80 bits per heavy atom. The van der Waals surface area contributed by atoms with E-state index in [1.165, 1.54) is 5.67 Å². The van der Waals surface area contributed by atoms with Gasteiger partial charge in [0.2, 0.25) is 0 Å². The van der Waals surface area contributed by atoms with E-state index >= 15 is 0 Å². The van der Waals surface area contributed by atoms with Gasteiger partial charge in [0.05, 0.1) is 19.0 Å². The molecule has 0 aromatic rings. The molecule has 0 aromatic carbocycles. The van der Waals surface area contributed by atoms with Crippen LogP contribution >= 0.6 is 0 Å². The molecule has 3 heteroatoms. The molecular weight excluding hydrogens is 168 g/mol. The lowest BCUT2D eigenvalue weighted by Crippen LogP contribution is -2.21. The highest BCUT2D eigenvalue weighted by atomic mass is 28.4. The monoisotopic (exact) mass is 184 g/mol. The van der Waals surface area contributed by atoms with Gasteiger partial charge in [-0.3, -0.25) is 0 Å². The van der Waals surface area contributed by atoms with E-state index in [2.05, 4.69) is 37.6 Å². The van der Waals surface area contributed by atoms with Crippen molar-refractivity contribution in [1.29, 1.82) is 0 Å². The Kier molecular flexibility index (Phi) is 5.29. The van der Waals surface area contributed by atoms with Crippen LogP contribution in [0.1, 0.15) is 0 Å². The van der Waals surface area contributed by atoms with E-state index < -0.39 is 8.07 Å². The van der Waals surface area contributed by atoms with E-state index in [1.807, 2.05) is 0 Å². The van der Waals surface area contributed by atoms with Crippen molar-refractivity contribution in [2.75, 3.05) is 0 Å². The van der Waals surface area contributed by atoms with Crippen LogP contribution in [0, 0.1) is 0 Å². The van der Waals surface area contributed by atoms with Gasteiger partial charge in [0.25, 0.3) is 0 Å². The molecule has 56 valence electrons. The van der Waals surface area contributed by atoms with Gasteiger partial charge >= 0.3 is 0 Å². The van der Waals surface area contributed by atoms with Crippen molar-refractivity contribution in [3.05, 3.63) is 11.4 Å². The lowest BCUT2D eigenvalue weighted by atomic mass is 11.2. The summed E-state index contributed by atoms with van der Waals surface area (Å²) < 4.78 is 0. The van der Waals surface area contributed by atoms with Crippen LogP contribution in [0.5, 0.6) is 0 Å². The Labute approximate surface area is 70.8 Å². The second-order valence-electron chi connectivity index (χ2n) is 3.56. The molecule has 4 radical (unpaired) electrons. The fourth-order valence-electron chi connectivity index (χ4n) is 0.507. The summed E-state index contributed by atoms with van der Waals surface area (Å²) in [6.07, 6.45) is 0. The van der Waals surface area contributed by atoms with Crippen LogP contribution < -0.4 is 0 Å². The first-order chi connectivity index (χ1) is 4.56. The molecule has 0 unspecified atom stereocenters. The third-order valence-corrected chi connectivity index (χ3v) is 7.30. The van der Waals surface area contributed by atoms with Crippen molar-refractivity contribution in [3.63, 3.8) is 0 Å². The summed E-state index contributed by atoms with van der Waals surface area (Å²) in [5.41, 5.74) is 6.13. The minimum absolute atomic E-state index is 0.743. The van der Waals surface area contributed by atoms with Crippen LogP contribution in [0.3, 0.4) is 0 Å². The molecule has 0 aliphatic carbocycles. The lowest BCUT2D eigenvalue weighted by Gasteiger charge is -2.12. The second-order valence-corrected chi connectivity index (χ2v) is 11.8. The van der Waals surface area contributed by atoms with Crippen molar-refractivity contribution in [1.82, 2.24) is 0 Å². The van der Waals surface area contributed by atoms with E-state index in [0.717, 1.165) is 19.0 Å². The molecule has 0 rings (SSSR count). The SMILES string of the molecule is C[Si]C=C[Si]C[Si](C)(C)C. The number of hydrogen-bond donors (Lipinski definition) is 0. The van der Waals surface area contributed by atoms with Crippen molar-refractivity contribution >= 4 is 27.1 Å². The standard InChI is InChI=1S/C7H16Si3/c1-8-5-6-9-7-10(2,3)4/h5-6H,7H2,1-4H3. The third kappa shape index (κ3) is 8.39. The third-order valence-electron chi connectivity index (χ3n) is 1.00. The molecule has 0 aromatic heterocycles. The first-order valence-electron chi connectivity index (χ1n) is 3.62. The zero-order chi connectivity index (χ0) is 8.04. The van der Waals surface area contributed by atoms with Crippen molar-refractivity contribution in [2.45, 2.75) is 31.9 Å². The van der Waals surface area contributed by atoms with Crippen LogP contribution in [0.4, 0.5) is 0 Å². The van der Waals surface area contributed by atoms with E-state index in [1.54, 1.807) is 0 Å². The molecule has 0 spiro atoms. The van der Waals surface area contributed by atoms with Crippen molar-refractivity contribution < 1.29 is 0 Å². The largest absolute Gasteiger partial charge is 0.107 e. The smallest absolute Gasteiger partial charge is 0.0663 e. The fraction of sp³-hybridized carbons (Fsp3) is 0.714. The van der Waals surface area contributed by atoms with Crippen LogP contribution in [0.15, 0.2) is 11.4 Å². The molecule has 0 nitrogen and oxygen atoms in total. The first-order valence-corrected chi connectivity index (χ1v) is 10.2. The Hall–Kier alpha value is 0.391. The van der Waals surface area contributed by atoms with Crippen molar-refractivity contribution in [2.24, 2.45) is 0 Å². The van der Waals surface area contributed by atoms with Gasteiger partial charge in [0, 0.05) is 8.07 Å². The first kappa shape index (κ1) is 10.4. The summed E-state index contributed by atoms with van der Waals surface area (Å²) in [5.74, 6) is 0. The molecular formula is C7H16Si3. The van der Waals surface area contributed by atoms with Crippen molar-refractivity contribution in [3.8, 4) is 0 Å². The average Bonchev–Trinajstić information content (AvgIpc) is 1.78. The predicted molar refractivity (Wildman–Crippen MR) is 54.7 cm³/mol. The predicted octanol–water partition coefficient (Wildman–Crippen LogP) is 2.21. The molecule has 0 saturated carbocycles. The van der Waals surface area contributed by atoms with Crippen LogP contribution in [0.25, 0.3) is 0 Å². The molecule has 0 atom stereocenters. The summed E-state index contributed by atoms with van der Waals surface area (Å²) in [7, 11) is 1.33. The van der Waals surface area contributed by atoms with Crippen LogP contribution in [-0.4, -0.2) is 27.1 Å². The average molecular weight is 184 g/mol. The minimum atomic E-state index is -0.743. The summed E-state index contributed by atoms with van der Waals surface area (Å²) in [6, 6.07) is 0. The quantitative estimate of drug-likeness (QED) is 0.588. The highest BCUT2D eigenvalue weighted by Crippen LogP contribution is 2.05. The highest BCUT2D eigenvalue weighted by molar-refractivity contribution is 6.84. The molecule has 0 fully saturated rings. The molecule has 0 saturated heterocycles. The Morgan fingerprint density at radius 1 is 1.20 bits per heavy atom. The molecule has 0 heterocycles. The van der Waals surface area contributed by atoms with E-state index in [9.17, 15) is 0 Å². The van der Waals surface area contributed by atoms with E-state index in [4.69, 9.17) is 0 Å². The normalized spacial score (nSPS) is 12.8. The van der Waals surface area contributed by atoms with Crippen LogP contribution in [-0.2, 0) is 0 Å². The Bertz CT molecular complexity index is 102. The maximum Gasteiger partial charge on any atom is 0.0663 e. The second kappa shape index (κ2) is 5.10. The van der Waals surface area contributed by atoms with E-state index in [0.29, 0.717) is 0 Å². The zero-order valence-corrected chi connectivity index (χ0v) is 10.4.